The minimum atomic E-state index is -0.993. The summed E-state index contributed by atoms with van der Waals surface area (Å²) in [6, 6.07) is 3.85. The molecule has 0 radical (unpaired) electrons. The van der Waals surface area contributed by atoms with E-state index in [1.807, 2.05) is 0 Å². The number of nitrogens with zero attached hydrogens (tertiary/aromatic N) is 1. The highest BCUT2D eigenvalue weighted by Gasteiger charge is 2.31. The maximum Gasteiger partial charge on any atom is 0.129 e. The van der Waals surface area contributed by atoms with Gasteiger partial charge in [0.25, 0.3) is 0 Å². The van der Waals surface area contributed by atoms with E-state index in [-0.39, 0.29) is 12.0 Å². The predicted molar refractivity (Wildman–Crippen MR) is 71.0 cm³/mol. The fraction of sp³-hybridized carbons (Fsp3) is 0.600. The zero-order valence-corrected chi connectivity index (χ0v) is 11.3. The van der Waals surface area contributed by atoms with Gasteiger partial charge < -0.3 is 10.0 Å². The summed E-state index contributed by atoms with van der Waals surface area (Å²) in [6.07, 6.45) is 2.08. The van der Waals surface area contributed by atoms with Crippen molar-refractivity contribution >= 4 is 0 Å². The molecule has 0 amide bonds. The molecule has 0 aromatic heterocycles. The van der Waals surface area contributed by atoms with Crippen LogP contribution in [-0.4, -0.2) is 35.2 Å². The molecule has 1 unspecified atom stereocenters. The molecule has 1 heterocycles. The monoisotopic (exact) mass is 269 g/mol. The van der Waals surface area contributed by atoms with Crippen molar-refractivity contribution in [3.63, 3.8) is 0 Å². The number of halogens is 2. The average Bonchev–Trinajstić information content (AvgIpc) is 2.56. The molecule has 1 atom stereocenters. The first kappa shape index (κ1) is 14.4. The molecule has 1 aromatic rings. The lowest BCUT2D eigenvalue weighted by Gasteiger charge is -2.27. The summed E-state index contributed by atoms with van der Waals surface area (Å²) in [7, 11) is 0. The Morgan fingerprint density at radius 1 is 1.21 bits per heavy atom. The summed E-state index contributed by atoms with van der Waals surface area (Å²) in [6.45, 7) is 4.76. The topological polar surface area (TPSA) is 23.5 Å². The van der Waals surface area contributed by atoms with Crippen molar-refractivity contribution in [3.8, 4) is 0 Å². The fourth-order valence-electron chi connectivity index (χ4n) is 2.76. The summed E-state index contributed by atoms with van der Waals surface area (Å²) >= 11 is 0. The molecule has 2 rings (SSSR count). The maximum atomic E-state index is 13.7. The van der Waals surface area contributed by atoms with Gasteiger partial charge in [-0.05, 0) is 44.5 Å². The smallest absolute Gasteiger partial charge is 0.129 e. The first-order valence-electron chi connectivity index (χ1n) is 6.92. The van der Waals surface area contributed by atoms with Crippen LogP contribution in [0.25, 0.3) is 0 Å². The van der Waals surface area contributed by atoms with E-state index in [1.165, 1.54) is 18.2 Å². The average molecular weight is 269 g/mol. The molecule has 1 aromatic carbocycles. The summed E-state index contributed by atoms with van der Waals surface area (Å²) in [5, 5.41) is 10.6. The Hall–Kier alpha value is -1.00. The summed E-state index contributed by atoms with van der Waals surface area (Å²) in [5.74, 6) is -1.13. The van der Waals surface area contributed by atoms with E-state index in [4.69, 9.17) is 0 Å². The number of likely N-dealkylation sites (tertiary alicyclic amines) is 1. The first-order chi connectivity index (χ1) is 9.04. The van der Waals surface area contributed by atoms with Gasteiger partial charge in [0.2, 0.25) is 0 Å². The van der Waals surface area contributed by atoms with Gasteiger partial charge in [0.15, 0.2) is 0 Å². The lowest BCUT2D eigenvalue weighted by Crippen LogP contribution is -2.34. The Morgan fingerprint density at radius 2 is 1.89 bits per heavy atom. The Morgan fingerprint density at radius 3 is 2.53 bits per heavy atom. The molecule has 0 bridgehead atoms. The van der Waals surface area contributed by atoms with Crippen LogP contribution in [0.4, 0.5) is 8.78 Å². The standard InChI is InChI=1S/C15H21F2NO/c1-2-18-9-4-7-15(19,8-10-18)11-12-13(16)5-3-6-14(12)17/h3,5-6,19H,2,4,7-11H2,1H3. The van der Waals surface area contributed by atoms with Gasteiger partial charge >= 0.3 is 0 Å². The molecular weight excluding hydrogens is 248 g/mol. The summed E-state index contributed by atoms with van der Waals surface area (Å²) in [4.78, 5) is 2.26. The molecule has 106 valence electrons. The van der Waals surface area contributed by atoms with Gasteiger partial charge in [-0.25, -0.2) is 8.78 Å². The summed E-state index contributed by atoms with van der Waals surface area (Å²) in [5.41, 5.74) is -0.984. The molecular formula is C15H21F2NO. The van der Waals surface area contributed by atoms with E-state index in [0.717, 1.165) is 26.1 Å². The van der Waals surface area contributed by atoms with Gasteiger partial charge in [0.05, 0.1) is 5.60 Å². The van der Waals surface area contributed by atoms with Crippen molar-refractivity contribution in [2.24, 2.45) is 0 Å². The second-order valence-corrected chi connectivity index (χ2v) is 5.39. The lowest BCUT2D eigenvalue weighted by molar-refractivity contribution is 0.0242. The molecule has 0 spiro atoms. The Kier molecular flexibility index (Phi) is 4.53. The highest BCUT2D eigenvalue weighted by atomic mass is 19.1. The van der Waals surface area contributed by atoms with Gasteiger partial charge in [-0.2, -0.15) is 0 Å². The van der Waals surface area contributed by atoms with E-state index in [2.05, 4.69) is 11.8 Å². The molecule has 1 saturated heterocycles. The minimum absolute atomic E-state index is 0.00921. The lowest BCUT2D eigenvalue weighted by atomic mass is 9.87. The van der Waals surface area contributed by atoms with Crippen LogP contribution in [0.1, 0.15) is 31.7 Å². The van der Waals surface area contributed by atoms with E-state index >= 15 is 0 Å². The molecule has 1 aliphatic rings. The van der Waals surface area contributed by atoms with Crippen LogP contribution in [0.3, 0.4) is 0 Å². The number of benzene rings is 1. The van der Waals surface area contributed by atoms with Crippen LogP contribution in [0.2, 0.25) is 0 Å². The number of rotatable bonds is 3. The van der Waals surface area contributed by atoms with Crippen LogP contribution < -0.4 is 0 Å². The van der Waals surface area contributed by atoms with Gasteiger partial charge in [0.1, 0.15) is 11.6 Å². The van der Waals surface area contributed by atoms with Crippen LogP contribution in [-0.2, 0) is 6.42 Å². The van der Waals surface area contributed by atoms with Gasteiger partial charge in [-0.1, -0.05) is 13.0 Å². The van der Waals surface area contributed by atoms with Crippen molar-refractivity contribution in [1.82, 2.24) is 4.90 Å². The minimum Gasteiger partial charge on any atom is -0.389 e. The largest absolute Gasteiger partial charge is 0.389 e. The van der Waals surface area contributed by atoms with E-state index < -0.39 is 17.2 Å². The van der Waals surface area contributed by atoms with Gasteiger partial charge in [0, 0.05) is 18.5 Å². The molecule has 1 N–H and O–H groups in total. The fourth-order valence-corrected chi connectivity index (χ4v) is 2.76. The predicted octanol–water partition coefficient (Wildman–Crippen LogP) is 2.74. The van der Waals surface area contributed by atoms with E-state index in [1.54, 1.807) is 0 Å². The highest BCUT2D eigenvalue weighted by Crippen LogP contribution is 2.28. The molecule has 1 fully saturated rings. The van der Waals surface area contributed by atoms with Gasteiger partial charge in [-0.15, -0.1) is 0 Å². The number of aliphatic hydroxyl groups is 1. The van der Waals surface area contributed by atoms with Crippen LogP contribution in [0.5, 0.6) is 0 Å². The zero-order chi connectivity index (χ0) is 13.9. The van der Waals surface area contributed by atoms with Gasteiger partial charge in [-0.3, -0.25) is 0 Å². The Balaban J connectivity index is 2.12. The highest BCUT2D eigenvalue weighted by molar-refractivity contribution is 5.21. The molecule has 0 aliphatic carbocycles. The first-order valence-corrected chi connectivity index (χ1v) is 6.92. The third-order valence-electron chi connectivity index (χ3n) is 4.02. The third kappa shape index (κ3) is 3.51. The van der Waals surface area contributed by atoms with Crippen molar-refractivity contribution < 1.29 is 13.9 Å². The van der Waals surface area contributed by atoms with Crippen LogP contribution in [0.15, 0.2) is 18.2 Å². The van der Waals surface area contributed by atoms with Crippen molar-refractivity contribution in [3.05, 3.63) is 35.4 Å². The van der Waals surface area contributed by atoms with Crippen molar-refractivity contribution in [2.45, 2.75) is 38.2 Å². The third-order valence-corrected chi connectivity index (χ3v) is 4.02. The second kappa shape index (κ2) is 5.97. The molecule has 1 aliphatic heterocycles. The SMILES string of the molecule is CCN1CCCC(O)(Cc2c(F)cccc2F)CC1. The quantitative estimate of drug-likeness (QED) is 0.912. The molecule has 19 heavy (non-hydrogen) atoms. The van der Waals surface area contributed by atoms with Crippen molar-refractivity contribution in [2.75, 3.05) is 19.6 Å². The zero-order valence-electron chi connectivity index (χ0n) is 11.3. The Bertz CT molecular complexity index is 418. The van der Waals surface area contributed by atoms with E-state index in [0.29, 0.717) is 12.8 Å². The van der Waals surface area contributed by atoms with Crippen molar-refractivity contribution in [1.29, 1.82) is 0 Å². The summed E-state index contributed by atoms with van der Waals surface area (Å²) < 4.78 is 27.3. The number of hydrogen-bond acceptors (Lipinski definition) is 2. The normalized spacial score (nSPS) is 25.3. The van der Waals surface area contributed by atoms with Crippen LogP contribution in [0, 0.1) is 11.6 Å². The molecule has 0 saturated carbocycles. The molecule has 4 heteroatoms. The van der Waals surface area contributed by atoms with E-state index in [9.17, 15) is 13.9 Å². The maximum absolute atomic E-state index is 13.7. The Labute approximate surface area is 113 Å². The molecule has 2 nitrogen and oxygen atoms in total. The number of hydrogen-bond donors (Lipinski definition) is 1. The second-order valence-electron chi connectivity index (χ2n) is 5.39. The van der Waals surface area contributed by atoms with Crippen LogP contribution >= 0.6 is 0 Å².